The molecule has 0 saturated carbocycles. The summed E-state index contributed by atoms with van der Waals surface area (Å²) in [7, 11) is 0. The molecule has 1 amide bonds. The predicted molar refractivity (Wildman–Crippen MR) is 84.8 cm³/mol. The van der Waals surface area contributed by atoms with Crippen LogP contribution in [0, 0.1) is 5.41 Å². The van der Waals surface area contributed by atoms with Gasteiger partial charge in [-0.15, -0.1) is 0 Å². The zero-order valence-corrected chi connectivity index (χ0v) is 14.0. The van der Waals surface area contributed by atoms with Crippen molar-refractivity contribution in [1.82, 2.24) is 10.1 Å². The molecule has 1 aliphatic heterocycles. The molecule has 124 valence electrons. The molecule has 0 bridgehead atoms. The van der Waals surface area contributed by atoms with E-state index in [-0.39, 0.29) is 17.9 Å². The summed E-state index contributed by atoms with van der Waals surface area (Å²) in [5, 5.41) is 13.6. The van der Waals surface area contributed by atoms with E-state index in [1.165, 1.54) is 0 Å². The summed E-state index contributed by atoms with van der Waals surface area (Å²) >= 11 is 0. The van der Waals surface area contributed by atoms with E-state index < -0.39 is 0 Å². The minimum atomic E-state index is -0.0765. The number of carbonyl (C=O) groups excluding carboxylic acids is 1. The van der Waals surface area contributed by atoms with Crippen molar-refractivity contribution in [2.45, 2.75) is 58.8 Å². The maximum Gasteiger partial charge on any atom is 0.292 e. The smallest absolute Gasteiger partial charge is 0.292 e. The third-order valence-corrected chi connectivity index (χ3v) is 5.34. The molecule has 5 heteroatoms. The van der Waals surface area contributed by atoms with E-state index in [4.69, 9.17) is 4.52 Å². The summed E-state index contributed by atoms with van der Waals surface area (Å²) in [5.74, 6) is 0.621. The predicted octanol–water partition coefficient (Wildman–Crippen LogP) is 3.20. The molecular formula is C17H28N2O3. The monoisotopic (exact) mass is 308 g/mol. The Balaban J connectivity index is 2.01. The highest BCUT2D eigenvalue weighted by atomic mass is 16.5. The lowest BCUT2D eigenvalue weighted by atomic mass is 9.77. The van der Waals surface area contributed by atoms with Gasteiger partial charge in [0.2, 0.25) is 5.76 Å². The summed E-state index contributed by atoms with van der Waals surface area (Å²) < 4.78 is 5.28. The second-order valence-corrected chi connectivity index (χ2v) is 6.43. The third-order valence-electron chi connectivity index (χ3n) is 5.34. The van der Waals surface area contributed by atoms with E-state index in [9.17, 15) is 9.90 Å². The van der Waals surface area contributed by atoms with Gasteiger partial charge in [0.15, 0.2) is 0 Å². The van der Waals surface area contributed by atoms with Crippen molar-refractivity contribution in [1.29, 1.82) is 0 Å². The molecule has 1 aromatic rings. The Labute approximate surface area is 132 Å². The number of piperidine rings is 1. The first kappa shape index (κ1) is 17.0. The van der Waals surface area contributed by atoms with E-state index in [2.05, 4.69) is 25.9 Å². The zero-order valence-electron chi connectivity index (χ0n) is 14.0. The van der Waals surface area contributed by atoms with E-state index in [1.807, 2.05) is 4.90 Å². The van der Waals surface area contributed by atoms with Gasteiger partial charge in [-0.25, -0.2) is 0 Å². The lowest BCUT2D eigenvalue weighted by molar-refractivity contribution is 0.0315. The SMILES string of the molecule is CCC(CC)c1cc(C(=O)N2CCC(CC)(CO)CC2)on1. The number of aliphatic hydroxyl groups excluding tert-OH is 1. The Kier molecular flexibility index (Phi) is 5.62. The molecule has 2 rings (SSSR count). The summed E-state index contributed by atoms with van der Waals surface area (Å²) in [6, 6.07) is 1.80. The molecule has 1 fully saturated rings. The van der Waals surface area contributed by atoms with Crippen molar-refractivity contribution >= 4 is 5.91 Å². The van der Waals surface area contributed by atoms with Crippen LogP contribution in [-0.2, 0) is 0 Å². The average molecular weight is 308 g/mol. The van der Waals surface area contributed by atoms with Gasteiger partial charge in [-0.1, -0.05) is 25.9 Å². The molecule has 0 spiro atoms. The van der Waals surface area contributed by atoms with Gasteiger partial charge >= 0.3 is 0 Å². The van der Waals surface area contributed by atoms with Crippen molar-refractivity contribution in [3.8, 4) is 0 Å². The van der Waals surface area contributed by atoms with Crippen molar-refractivity contribution < 1.29 is 14.4 Å². The first-order valence-electron chi connectivity index (χ1n) is 8.45. The average Bonchev–Trinajstić information content (AvgIpc) is 3.05. The summed E-state index contributed by atoms with van der Waals surface area (Å²) in [5.41, 5.74) is 0.863. The lowest BCUT2D eigenvalue weighted by Crippen LogP contribution is -2.44. The second kappa shape index (κ2) is 7.27. The molecule has 0 aliphatic carbocycles. The molecule has 0 atom stereocenters. The largest absolute Gasteiger partial charge is 0.396 e. The van der Waals surface area contributed by atoms with Crippen molar-refractivity contribution in [3.63, 3.8) is 0 Å². The topological polar surface area (TPSA) is 66.6 Å². The van der Waals surface area contributed by atoms with Gasteiger partial charge in [-0.2, -0.15) is 0 Å². The van der Waals surface area contributed by atoms with Crippen LogP contribution in [-0.4, -0.2) is 40.8 Å². The quantitative estimate of drug-likeness (QED) is 0.876. The normalized spacial score (nSPS) is 18.0. The molecule has 1 N–H and O–H groups in total. The summed E-state index contributed by atoms with van der Waals surface area (Å²) in [6.07, 6.45) is 4.64. The number of hydrogen-bond donors (Lipinski definition) is 1. The number of carbonyl (C=O) groups is 1. The van der Waals surface area contributed by atoms with Crippen molar-refractivity contribution in [2.24, 2.45) is 5.41 Å². The number of amides is 1. The van der Waals surface area contributed by atoms with Gasteiger partial charge in [0.05, 0.1) is 5.69 Å². The third kappa shape index (κ3) is 3.35. The van der Waals surface area contributed by atoms with Crippen molar-refractivity contribution in [2.75, 3.05) is 19.7 Å². The molecule has 0 aromatic carbocycles. The standard InChI is InChI=1S/C17H28N2O3/c1-4-13(5-2)14-11-15(22-18-14)16(21)19-9-7-17(6-3,12-20)8-10-19/h11,13,20H,4-10,12H2,1-3H3. The van der Waals surface area contributed by atoms with Crippen LogP contribution in [0.1, 0.15) is 75.0 Å². The van der Waals surface area contributed by atoms with E-state index >= 15 is 0 Å². The molecule has 22 heavy (non-hydrogen) atoms. The minimum absolute atomic E-state index is 0.0150. The van der Waals surface area contributed by atoms with Gasteiger partial charge < -0.3 is 14.5 Å². The van der Waals surface area contributed by atoms with Gasteiger partial charge in [0, 0.05) is 31.7 Å². The highest BCUT2D eigenvalue weighted by Gasteiger charge is 2.35. The number of aliphatic hydroxyl groups is 1. The fourth-order valence-electron chi connectivity index (χ4n) is 3.25. The lowest BCUT2D eigenvalue weighted by Gasteiger charge is -2.39. The molecule has 5 nitrogen and oxygen atoms in total. The Hall–Kier alpha value is -1.36. The summed E-state index contributed by atoms with van der Waals surface area (Å²) in [4.78, 5) is 14.3. The number of nitrogens with zero attached hydrogens (tertiary/aromatic N) is 2. The molecular weight excluding hydrogens is 280 g/mol. The van der Waals surface area contributed by atoms with Gasteiger partial charge in [-0.3, -0.25) is 4.79 Å². The zero-order chi connectivity index (χ0) is 16.2. The van der Waals surface area contributed by atoms with Crippen LogP contribution in [0.2, 0.25) is 0 Å². The van der Waals surface area contributed by atoms with E-state index in [0.29, 0.717) is 24.8 Å². The molecule has 0 radical (unpaired) electrons. The van der Waals surface area contributed by atoms with Crippen LogP contribution in [0.15, 0.2) is 10.6 Å². The minimum Gasteiger partial charge on any atom is -0.396 e. The first-order chi connectivity index (χ1) is 10.6. The number of likely N-dealkylation sites (tertiary alicyclic amines) is 1. The number of hydrogen-bond acceptors (Lipinski definition) is 4. The Morgan fingerprint density at radius 1 is 1.36 bits per heavy atom. The van der Waals surface area contributed by atoms with E-state index in [0.717, 1.165) is 37.8 Å². The van der Waals surface area contributed by atoms with Crippen molar-refractivity contribution in [3.05, 3.63) is 17.5 Å². The van der Waals surface area contributed by atoms with Gasteiger partial charge in [0.25, 0.3) is 5.91 Å². The van der Waals surface area contributed by atoms with Gasteiger partial charge in [0.1, 0.15) is 0 Å². The maximum atomic E-state index is 12.5. The molecule has 1 aliphatic rings. The Morgan fingerprint density at radius 3 is 2.50 bits per heavy atom. The highest BCUT2D eigenvalue weighted by molar-refractivity contribution is 5.91. The van der Waals surface area contributed by atoms with Gasteiger partial charge in [-0.05, 0) is 37.5 Å². The Morgan fingerprint density at radius 2 is 2.00 bits per heavy atom. The van der Waals surface area contributed by atoms with Crippen LogP contribution in [0.5, 0.6) is 0 Å². The maximum absolute atomic E-state index is 12.5. The second-order valence-electron chi connectivity index (χ2n) is 6.43. The fraction of sp³-hybridized carbons (Fsp3) is 0.765. The van der Waals surface area contributed by atoms with Crippen LogP contribution in [0.3, 0.4) is 0 Å². The van der Waals surface area contributed by atoms with Crippen LogP contribution in [0.25, 0.3) is 0 Å². The molecule has 1 saturated heterocycles. The molecule has 1 aromatic heterocycles. The number of aromatic nitrogens is 1. The van der Waals surface area contributed by atoms with Crippen LogP contribution in [0.4, 0.5) is 0 Å². The Bertz CT molecular complexity index is 480. The molecule has 0 unspecified atom stereocenters. The first-order valence-corrected chi connectivity index (χ1v) is 8.45. The number of rotatable bonds is 6. The highest BCUT2D eigenvalue weighted by Crippen LogP contribution is 2.34. The molecule has 2 heterocycles. The fourth-order valence-corrected chi connectivity index (χ4v) is 3.25. The van der Waals surface area contributed by atoms with E-state index in [1.54, 1.807) is 6.07 Å². The van der Waals surface area contributed by atoms with Crippen LogP contribution >= 0.6 is 0 Å². The van der Waals surface area contributed by atoms with Crippen LogP contribution < -0.4 is 0 Å². The summed E-state index contributed by atoms with van der Waals surface area (Å²) in [6.45, 7) is 7.89.